The van der Waals surface area contributed by atoms with E-state index in [2.05, 4.69) is 11.9 Å². The van der Waals surface area contributed by atoms with Crippen LogP contribution in [0.1, 0.15) is 22.6 Å². The van der Waals surface area contributed by atoms with Crippen molar-refractivity contribution in [3.8, 4) is 0 Å². The number of rotatable bonds is 5. The Labute approximate surface area is 133 Å². The predicted molar refractivity (Wildman–Crippen MR) is 65.9 cm³/mol. The number of amides is 1. The summed E-state index contributed by atoms with van der Waals surface area (Å²) in [6, 6.07) is 0. The number of hydrogen-bond acceptors (Lipinski definition) is 3. The second-order valence-corrected chi connectivity index (χ2v) is 2.84. The largest absolute Gasteiger partial charge is 2.00 e. The minimum atomic E-state index is -1.26. The standard InChI is InChI=1S/C6H10O4.C4H7NO.Ca.2H/c1-2-3-4(5(7)8)6(9)10;1-3-4(6)5-2;;;/h4H,2-3H2,1H3,(H,7,8)(H,9,10);3H,1H2,2H3,(H,5,6);;;/q;;+2;2*-1. The molecule has 6 nitrogen and oxygen atoms in total. The number of carbonyl (C=O) groups is 3. The van der Waals surface area contributed by atoms with Gasteiger partial charge in [-0.05, 0) is 12.5 Å². The first-order chi connectivity index (χ1) is 7.40. The van der Waals surface area contributed by atoms with E-state index < -0.39 is 17.9 Å². The minimum Gasteiger partial charge on any atom is -1.00 e. The quantitative estimate of drug-likeness (QED) is 0.380. The molecule has 0 radical (unpaired) electrons. The van der Waals surface area contributed by atoms with Crippen LogP contribution in [0.4, 0.5) is 0 Å². The van der Waals surface area contributed by atoms with Gasteiger partial charge in [-0.15, -0.1) is 0 Å². The first-order valence-corrected chi connectivity index (χ1v) is 4.70. The SMILES string of the molecule is C=CC(=O)NC.CCCC(C(=O)O)C(=O)O.[Ca+2].[H-].[H-]. The van der Waals surface area contributed by atoms with Gasteiger partial charge in [0, 0.05) is 7.05 Å². The molecule has 7 heteroatoms. The maximum absolute atomic E-state index is 10.2. The van der Waals surface area contributed by atoms with Crippen molar-refractivity contribution >= 4 is 55.6 Å². The van der Waals surface area contributed by atoms with Crippen molar-refractivity contribution in [1.82, 2.24) is 5.32 Å². The maximum atomic E-state index is 10.2. The van der Waals surface area contributed by atoms with Crippen molar-refractivity contribution in [2.45, 2.75) is 19.8 Å². The zero-order valence-electron chi connectivity index (χ0n) is 12.1. The fourth-order valence-corrected chi connectivity index (χ4v) is 0.743. The van der Waals surface area contributed by atoms with Crippen LogP contribution >= 0.6 is 0 Å². The molecular weight excluding hydrogens is 254 g/mol. The molecule has 0 heterocycles. The minimum absolute atomic E-state index is 0. The second-order valence-electron chi connectivity index (χ2n) is 2.84. The number of nitrogens with one attached hydrogen (secondary N) is 1. The first kappa shape index (κ1) is 21.7. The van der Waals surface area contributed by atoms with Gasteiger partial charge in [0.05, 0.1) is 0 Å². The Bertz CT molecular complexity index is 263. The van der Waals surface area contributed by atoms with Crippen LogP contribution < -0.4 is 5.32 Å². The predicted octanol–water partition coefficient (Wildman–Crippen LogP) is 0.334. The van der Waals surface area contributed by atoms with Gasteiger partial charge in [-0.2, -0.15) is 0 Å². The molecule has 1 amide bonds. The molecule has 3 N–H and O–H groups in total. The summed E-state index contributed by atoms with van der Waals surface area (Å²) in [5.41, 5.74) is 0. The van der Waals surface area contributed by atoms with Gasteiger partial charge in [0.25, 0.3) is 0 Å². The third kappa shape index (κ3) is 13.3. The molecule has 17 heavy (non-hydrogen) atoms. The molecule has 0 atom stereocenters. The van der Waals surface area contributed by atoms with Crippen molar-refractivity contribution in [2.24, 2.45) is 5.92 Å². The Morgan fingerprint density at radius 2 is 1.76 bits per heavy atom. The average molecular weight is 273 g/mol. The number of hydrogen-bond donors (Lipinski definition) is 3. The van der Waals surface area contributed by atoms with Crippen molar-refractivity contribution in [3.05, 3.63) is 12.7 Å². The van der Waals surface area contributed by atoms with Crippen molar-refractivity contribution in [1.29, 1.82) is 0 Å². The van der Waals surface area contributed by atoms with Gasteiger partial charge in [0.15, 0.2) is 5.92 Å². The number of carboxylic acids is 2. The Balaban J connectivity index is -0.0000000646. The Hall–Kier alpha value is -0.590. The molecule has 0 aromatic rings. The molecule has 0 saturated carbocycles. The Morgan fingerprint density at radius 3 is 1.82 bits per heavy atom. The van der Waals surface area contributed by atoms with E-state index in [1.54, 1.807) is 14.0 Å². The zero-order chi connectivity index (χ0) is 13.1. The van der Waals surface area contributed by atoms with Gasteiger partial charge in [-0.3, -0.25) is 14.4 Å². The molecular formula is C10H19CaNO5. The van der Waals surface area contributed by atoms with Crippen LogP contribution in [0.25, 0.3) is 0 Å². The van der Waals surface area contributed by atoms with Crippen LogP contribution in [0.5, 0.6) is 0 Å². The molecule has 0 saturated heterocycles. The summed E-state index contributed by atoms with van der Waals surface area (Å²) >= 11 is 0. The summed E-state index contributed by atoms with van der Waals surface area (Å²) in [7, 11) is 1.56. The van der Waals surface area contributed by atoms with Gasteiger partial charge < -0.3 is 18.4 Å². The van der Waals surface area contributed by atoms with Gasteiger partial charge in [-0.25, -0.2) is 0 Å². The smallest absolute Gasteiger partial charge is 1.00 e. The third-order valence-corrected chi connectivity index (χ3v) is 1.61. The van der Waals surface area contributed by atoms with Gasteiger partial charge in [0.2, 0.25) is 5.91 Å². The topological polar surface area (TPSA) is 104 Å². The molecule has 0 rings (SSSR count). The van der Waals surface area contributed by atoms with E-state index in [1.165, 1.54) is 6.08 Å². The fraction of sp³-hybridized carbons (Fsp3) is 0.500. The summed E-state index contributed by atoms with van der Waals surface area (Å²) in [4.78, 5) is 30.3. The molecule has 0 unspecified atom stereocenters. The van der Waals surface area contributed by atoms with E-state index in [4.69, 9.17) is 10.2 Å². The van der Waals surface area contributed by atoms with Crippen LogP contribution in [0.2, 0.25) is 0 Å². The Morgan fingerprint density at radius 1 is 1.35 bits per heavy atom. The van der Waals surface area contributed by atoms with Crippen LogP contribution in [0.3, 0.4) is 0 Å². The molecule has 0 aromatic carbocycles. The van der Waals surface area contributed by atoms with Gasteiger partial charge >= 0.3 is 49.7 Å². The molecule has 96 valence electrons. The van der Waals surface area contributed by atoms with Crippen LogP contribution in [-0.4, -0.2) is 72.8 Å². The van der Waals surface area contributed by atoms with E-state index in [9.17, 15) is 14.4 Å². The Kier molecular flexibility index (Phi) is 17.2. The van der Waals surface area contributed by atoms with Crippen molar-refractivity contribution in [2.75, 3.05) is 7.05 Å². The monoisotopic (exact) mass is 273 g/mol. The molecule has 0 aliphatic rings. The molecule has 0 aromatic heterocycles. The maximum Gasteiger partial charge on any atom is 2.00 e. The van der Waals surface area contributed by atoms with Crippen molar-refractivity contribution < 1.29 is 27.4 Å². The summed E-state index contributed by atoms with van der Waals surface area (Å²) < 4.78 is 0. The van der Waals surface area contributed by atoms with E-state index in [0.717, 1.165) is 0 Å². The molecule has 0 spiro atoms. The van der Waals surface area contributed by atoms with Crippen molar-refractivity contribution in [3.63, 3.8) is 0 Å². The number of likely N-dealkylation sites (N-methyl/N-ethyl adjacent to an activating group) is 1. The van der Waals surface area contributed by atoms with Gasteiger partial charge in [-0.1, -0.05) is 19.9 Å². The van der Waals surface area contributed by atoms with E-state index in [1.807, 2.05) is 0 Å². The summed E-state index contributed by atoms with van der Waals surface area (Å²) in [5, 5.41) is 18.9. The van der Waals surface area contributed by atoms with Crippen LogP contribution in [0, 0.1) is 5.92 Å². The third-order valence-electron chi connectivity index (χ3n) is 1.61. The average Bonchev–Trinajstić information content (AvgIpc) is 2.24. The van der Waals surface area contributed by atoms with Crippen LogP contribution in [0.15, 0.2) is 12.7 Å². The number of aliphatic carboxylic acids is 2. The molecule has 0 aliphatic heterocycles. The zero-order valence-corrected chi connectivity index (χ0v) is 12.3. The number of carboxylic acid groups (broad SMARTS) is 2. The first-order valence-electron chi connectivity index (χ1n) is 4.70. The molecule has 0 aliphatic carbocycles. The fourth-order valence-electron chi connectivity index (χ4n) is 0.743. The summed E-state index contributed by atoms with van der Waals surface area (Å²) in [5.74, 6) is -3.89. The van der Waals surface area contributed by atoms with Gasteiger partial charge in [0.1, 0.15) is 0 Å². The second kappa shape index (κ2) is 13.5. The molecule has 0 fully saturated rings. The van der Waals surface area contributed by atoms with E-state index >= 15 is 0 Å². The number of carbonyl (C=O) groups excluding carboxylic acids is 1. The van der Waals surface area contributed by atoms with Crippen LogP contribution in [-0.2, 0) is 14.4 Å². The normalized spacial score (nSPS) is 8.18. The molecule has 0 bridgehead atoms. The summed E-state index contributed by atoms with van der Waals surface area (Å²) in [6.45, 7) is 4.97. The van der Waals surface area contributed by atoms with E-state index in [0.29, 0.717) is 6.42 Å². The van der Waals surface area contributed by atoms with E-state index in [-0.39, 0.29) is 52.9 Å². The summed E-state index contributed by atoms with van der Waals surface area (Å²) in [6.07, 6.45) is 1.99.